The molecule has 0 amide bonds. The van der Waals surface area contributed by atoms with E-state index in [4.69, 9.17) is 24.7 Å². The Bertz CT molecular complexity index is 531. The lowest BCUT2D eigenvalue weighted by molar-refractivity contribution is -0.257. The largest absolute Gasteiger partial charge is 0.463 e. The van der Waals surface area contributed by atoms with Gasteiger partial charge in [0.15, 0.2) is 6.29 Å². The van der Waals surface area contributed by atoms with Crippen LogP contribution < -0.4 is 5.73 Å². The summed E-state index contributed by atoms with van der Waals surface area (Å²) < 4.78 is 23.1. The van der Waals surface area contributed by atoms with Gasteiger partial charge in [-0.1, -0.05) is 111 Å². The summed E-state index contributed by atoms with van der Waals surface area (Å²) in [5, 5.41) is 0. The van der Waals surface area contributed by atoms with Crippen LogP contribution in [0.2, 0.25) is 0 Å². The van der Waals surface area contributed by atoms with Gasteiger partial charge in [0.25, 0.3) is 0 Å². The van der Waals surface area contributed by atoms with Crippen LogP contribution >= 0.6 is 0 Å². The molecule has 1 saturated heterocycles. The number of esters is 1. The molecule has 6 atom stereocenters. The van der Waals surface area contributed by atoms with Crippen LogP contribution in [0.4, 0.5) is 0 Å². The van der Waals surface area contributed by atoms with Crippen molar-refractivity contribution in [2.45, 2.75) is 143 Å². The Balaban J connectivity index is 1.99. The number of nitrogens with two attached hydrogens (primary N) is 1. The molecule has 1 aliphatic rings. The van der Waals surface area contributed by atoms with E-state index < -0.39 is 0 Å². The van der Waals surface area contributed by atoms with Gasteiger partial charge in [-0.3, -0.25) is 4.79 Å². The highest BCUT2D eigenvalue weighted by Gasteiger charge is 2.40. The van der Waals surface area contributed by atoms with Gasteiger partial charge in [0.2, 0.25) is 0 Å². The summed E-state index contributed by atoms with van der Waals surface area (Å²) in [6, 6.07) is -0.172. The fourth-order valence-corrected chi connectivity index (χ4v) is 4.97. The summed E-state index contributed by atoms with van der Waals surface area (Å²) >= 11 is 0. The first-order valence-corrected chi connectivity index (χ1v) is 15.1. The molecule has 0 saturated carbocycles. The third-order valence-corrected chi connectivity index (χ3v) is 7.88. The van der Waals surface area contributed by atoms with E-state index in [2.05, 4.69) is 27.7 Å². The van der Waals surface area contributed by atoms with Gasteiger partial charge in [-0.05, 0) is 18.3 Å². The SMILES string of the molecule is CCCCCCCCCCCCCCCCOCC(N)CO[C@@H]1OC(COC(C)=O)[C@@H](C)[C@H](C)C1C. The van der Waals surface area contributed by atoms with E-state index in [-0.39, 0.29) is 36.9 Å². The van der Waals surface area contributed by atoms with Gasteiger partial charge in [0, 0.05) is 19.4 Å². The summed E-state index contributed by atoms with van der Waals surface area (Å²) in [6.45, 7) is 12.1. The van der Waals surface area contributed by atoms with Crippen LogP contribution in [0.15, 0.2) is 0 Å². The molecule has 2 N–H and O–H groups in total. The highest BCUT2D eigenvalue weighted by atomic mass is 16.7. The predicted molar refractivity (Wildman–Crippen MR) is 148 cm³/mol. The van der Waals surface area contributed by atoms with Crippen LogP contribution in [0.25, 0.3) is 0 Å². The monoisotopic (exact) mass is 513 g/mol. The van der Waals surface area contributed by atoms with Gasteiger partial charge in [0.1, 0.15) is 6.61 Å². The summed E-state index contributed by atoms with van der Waals surface area (Å²) in [4.78, 5) is 11.2. The van der Waals surface area contributed by atoms with Crippen molar-refractivity contribution in [1.29, 1.82) is 0 Å². The van der Waals surface area contributed by atoms with E-state index in [0.29, 0.717) is 25.0 Å². The summed E-state index contributed by atoms with van der Waals surface area (Å²) in [5.41, 5.74) is 6.22. The van der Waals surface area contributed by atoms with Gasteiger partial charge < -0.3 is 24.7 Å². The van der Waals surface area contributed by atoms with Crippen molar-refractivity contribution < 1.29 is 23.7 Å². The van der Waals surface area contributed by atoms with Crippen molar-refractivity contribution >= 4 is 5.97 Å². The second-order valence-corrected chi connectivity index (χ2v) is 11.2. The number of hydrogen-bond acceptors (Lipinski definition) is 6. The zero-order chi connectivity index (χ0) is 26.6. The van der Waals surface area contributed by atoms with E-state index in [1.165, 1.54) is 90.4 Å². The minimum atomic E-state index is -0.339. The van der Waals surface area contributed by atoms with Gasteiger partial charge in [-0.2, -0.15) is 0 Å². The molecule has 0 spiro atoms. The molecule has 6 nitrogen and oxygen atoms in total. The quantitative estimate of drug-likeness (QED) is 0.124. The Morgan fingerprint density at radius 1 is 0.778 bits per heavy atom. The zero-order valence-corrected chi connectivity index (χ0v) is 24.3. The Labute approximate surface area is 222 Å². The molecule has 36 heavy (non-hydrogen) atoms. The van der Waals surface area contributed by atoms with E-state index in [0.717, 1.165) is 13.0 Å². The average molecular weight is 514 g/mol. The van der Waals surface area contributed by atoms with E-state index in [1.54, 1.807) is 0 Å². The maximum Gasteiger partial charge on any atom is 0.302 e. The predicted octanol–water partition coefficient (Wildman–Crippen LogP) is 7.02. The van der Waals surface area contributed by atoms with E-state index >= 15 is 0 Å². The molecular weight excluding hydrogens is 454 g/mol. The molecule has 0 aromatic carbocycles. The smallest absolute Gasteiger partial charge is 0.302 e. The lowest BCUT2D eigenvalue weighted by Gasteiger charge is -2.43. The maximum atomic E-state index is 11.2. The topological polar surface area (TPSA) is 80.0 Å². The van der Waals surface area contributed by atoms with Crippen molar-refractivity contribution in [2.24, 2.45) is 23.5 Å². The van der Waals surface area contributed by atoms with Crippen LogP contribution in [0.5, 0.6) is 0 Å². The molecule has 0 aromatic heterocycles. The first-order valence-electron chi connectivity index (χ1n) is 15.1. The third kappa shape index (κ3) is 15.5. The van der Waals surface area contributed by atoms with Crippen LogP contribution in [-0.4, -0.2) is 50.8 Å². The second kappa shape index (κ2) is 21.3. The van der Waals surface area contributed by atoms with Crippen molar-refractivity contribution in [1.82, 2.24) is 0 Å². The lowest BCUT2D eigenvalue weighted by Crippen LogP contribution is -2.49. The summed E-state index contributed by atoms with van der Waals surface area (Å²) in [7, 11) is 0. The number of carbonyl (C=O) groups excluding carboxylic acids is 1. The number of carbonyl (C=O) groups is 1. The normalized spacial score (nSPS) is 25.1. The van der Waals surface area contributed by atoms with Gasteiger partial charge in [-0.15, -0.1) is 0 Å². The molecule has 214 valence electrons. The molecule has 1 fully saturated rings. The first-order chi connectivity index (χ1) is 17.4. The molecule has 0 radical (unpaired) electrons. The number of unbranched alkanes of at least 4 members (excludes halogenated alkanes) is 13. The van der Waals surface area contributed by atoms with Crippen molar-refractivity contribution in [2.75, 3.05) is 26.4 Å². The summed E-state index contributed by atoms with van der Waals surface area (Å²) in [6.07, 6.45) is 18.5. The number of rotatable bonds is 22. The van der Waals surface area contributed by atoms with Gasteiger partial charge in [0.05, 0.1) is 25.4 Å². The molecule has 0 bridgehead atoms. The van der Waals surface area contributed by atoms with Gasteiger partial charge in [-0.25, -0.2) is 0 Å². The zero-order valence-electron chi connectivity index (χ0n) is 24.3. The standard InChI is InChI=1S/C30H59NO5/c1-6-7-8-9-10-11-12-13-14-15-16-17-18-19-20-33-21-28(31)22-35-30-26(4)24(2)25(3)29(36-30)23-34-27(5)32/h24-26,28-30H,6-23,31H2,1-5H3/t24-,25-,26?,28?,29?,30+/m0/s1. The average Bonchev–Trinajstić information content (AvgIpc) is 2.86. The Morgan fingerprint density at radius 3 is 1.83 bits per heavy atom. The fraction of sp³-hybridized carbons (Fsp3) is 0.967. The molecule has 3 unspecified atom stereocenters. The lowest BCUT2D eigenvalue weighted by atomic mass is 9.79. The van der Waals surface area contributed by atoms with Crippen LogP contribution in [0.3, 0.4) is 0 Å². The fourth-order valence-electron chi connectivity index (χ4n) is 4.97. The van der Waals surface area contributed by atoms with E-state index in [9.17, 15) is 4.79 Å². The highest BCUT2D eigenvalue weighted by Crippen LogP contribution is 2.35. The van der Waals surface area contributed by atoms with Crippen LogP contribution in [-0.2, 0) is 23.7 Å². The van der Waals surface area contributed by atoms with Crippen LogP contribution in [0, 0.1) is 17.8 Å². The molecule has 1 rings (SSSR count). The van der Waals surface area contributed by atoms with Crippen molar-refractivity contribution in [3.05, 3.63) is 0 Å². The van der Waals surface area contributed by atoms with Crippen molar-refractivity contribution in [3.8, 4) is 0 Å². The molecule has 1 heterocycles. The first kappa shape index (κ1) is 33.3. The maximum absolute atomic E-state index is 11.2. The minimum Gasteiger partial charge on any atom is -0.463 e. The minimum absolute atomic E-state index is 0.155. The number of ether oxygens (including phenoxy) is 4. The van der Waals surface area contributed by atoms with Gasteiger partial charge >= 0.3 is 5.97 Å². The van der Waals surface area contributed by atoms with Crippen molar-refractivity contribution in [3.63, 3.8) is 0 Å². The Morgan fingerprint density at radius 2 is 1.31 bits per heavy atom. The Kier molecular flexibility index (Phi) is 19.7. The molecule has 0 aromatic rings. The highest BCUT2D eigenvalue weighted by molar-refractivity contribution is 5.65. The molecule has 0 aliphatic carbocycles. The van der Waals surface area contributed by atoms with E-state index in [1.807, 2.05) is 0 Å². The van der Waals surface area contributed by atoms with Crippen LogP contribution in [0.1, 0.15) is 125 Å². The molecular formula is C30H59NO5. The molecule has 1 aliphatic heterocycles. The summed E-state index contributed by atoms with van der Waals surface area (Å²) in [5.74, 6) is 0.656. The molecule has 6 heteroatoms. The number of hydrogen-bond donors (Lipinski definition) is 1. The third-order valence-electron chi connectivity index (χ3n) is 7.88. The Hall–Kier alpha value is -0.690. The second-order valence-electron chi connectivity index (χ2n) is 11.2.